The SMILES string of the molecule is Clc1ccc(Cn2ncc3c(N4CCCC4)ncnc32)c(Cl)c1. The average Bonchev–Trinajstić information content (AvgIpc) is 3.20. The van der Waals surface area contributed by atoms with Gasteiger partial charge in [-0.15, -0.1) is 0 Å². The third-order valence-electron chi connectivity index (χ3n) is 4.15. The van der Waals surface area contributed by atoms with Crippen LogP contribution in [0.15, 0.2) is 30.7 Å². The van der Waals surface area contributed by atoms with Gasteiger partial charge in [0.15, 0.2) is 5.65 Å². The van der Waals surface area contributed by atoms with Gasteiger partial charge in [-0.2, -0.15) is 5.10 Å². The second kappa shape index (κ2) is 5.98. The Hall–Kier alpha value is -1.85. The van der Waals surface area contributed by atoms with Crippen molar-refractivity contribution < 1.29 is 0 Å². The van der Waals surface area contributed by atoms with Gasteiger partial charge in [-0.25, -0.2) is 14.6 Å². The molecule has 1 saturated heterocycles. The van der Waals surface area contributed by atoms with Crippen molar-refractivity contribution in [3.05, 3.63) is 46.3 Å². The van der Waals surface area contributed by atoms with Crippen LogP contribution in [-0.4, -0.2) is 32.8 Å². The molecule has 0 N–H and O–H groups in total. The minimum absolute atomic E-state index is 0.552. The molecule has 1 aliphatic rings. The number of nitrogens with zero attached hydrogens (tertiary/aromatic N) is 5. The normalized spacial score (nSPS) is 14.8. The van der Waals surface area contributed by atoms with E-state index in [1.807, 2.05) is 23.0 Å². The highest BCUT2D eigenvalue weighted by Gasteiger charge is 2.18. The molecule has 0 unspecified atom stereocenters. The summed E-state index contributed by atoms with van der Waals surface area (Å²) in [5.74, 6) is 0.973. The number of hydrogen-bond acceptors (Lipinski definition) is 4. The van der Waals surface area contributed by atoms with Crippen LogP contribution in [0.4, 0.5) is 5.82 Å². The molecule has 0 radical (unpaired) electrons. The molecule has 0 amide bonds. The van der Waals surface area contributed by atoms with Crippen LogP contribution in [0.1, 0.15) is 18.4 Å². The van der Waals surface area contributed by atoms with Crippen LogP contribution in [0.25, 0.3) is 11.0 Å². The van der Waals surface area contributed by atoms with E-state index >= 15 is 0 Å². The van der Waals surface area contributed by atoms with Crippen molar-refractivity contribution in [1.82, 2.24) is 19.7 Å². The molecule has 0 bridgehead atoms. The maximum atomic E-state index is 6.27. The Bertz CT molecular complexity index is 855. The highest BCUT2D eigenvalue weighted by Crippen LogP contribution is 2.27. The average molecular weight is 348 g/mol. The van der Waals surface area contributed by atoms with Gasteiger partial charge in [0, 0.05) is 23.1 Å². The Kier molecular flexibility index (Phi) is 3.83. The van der Waals surface area contributed by atoms with Crippen molar-refractivity contribution >= 4 is 40.1 Å². The van der Waals surface area contributed by atoms with Crippen LogP contribution in [-0.2, 0) is 6.54 Å². The summed E-state index contributed by atoms with van der Waals surface area (Å²) in [6.45, 7) is 2.64. The monoisotopic (exact) mass is 347 g/mol. The molecule has 0 atom stereocenters. The molecule has 3 heterocycles. The Labute approximate surface area is 143 Å². The Morgan fingerprint density at radius 1 is 1.09 bits per heavy atom. The molecule has 3 aromatic rings. The minimum atomic E-state index is 0.552. The maximum absolute atomic E-state index is 6.27. The van der Waals surface area contributed by atoms with E-state index in [4.69, 9.17) is 23.2 Å². The van der Waals surface area contributed by atoms with Crippen LogP contribution in [0.5, 0.6) is 0 Å². The van der Waals surface area contributed by atoms with Gasteiger partial charge in [0.2, 0.25) is 0 Å². The fourth-order valence-electron chi connectivity index (χ4n) is 2.99. The second-order valence-corrected chi connectivity index (χ2v) is 6.51. The first-order chi connectivity index (χ1) is 11.2. The van der Waals surface area contributed by atoms with Crippen molar-refractivity contribution in [3.63, 3.8) is 0 Å². The molecule has 4 rings (SSSR count). The predicted octanol–water partition coefficient (Wildman–Crippen LogP) is 3.78. The van der Waals surface area contributed by atoms with Crippen LogP contribution >= 0.6 is 23.2 Å². The number of benzene rings is 1. The second-order valence-electron chi connectivity index (χ2n) is 5.67. The number of fused-ring (bicyclic) bond motifs is 1. The van der Waals surface area contributed by atoms with Gasteiger partial charge in [0.25, 0.3) is 0 Å². The standard InChI is InChI=1S/C16H15Cl2N5/c17-12-4-3-11(14(18)7-12)9-23-16-13(8-21-23)15(19-10-20-16)22-5-1-2-6-22/h3-4,7-8,10H,1-2,5-6,9H2. The lowest BCUT2D eigenvalue weighted by Crippen LogP contribution is -2.19. The summed E-state index contributed by atoms with van der Waals surface area (Å²) in [5, 5.41) is 6.73. The molecule has 118 valence electrons. The predicted molar refractivity (Wildman–Crippen MR) is 92.3 cm³/mol. The largest absolute Gasteiger partial charge is 0.356 e. The summed E-state index contributed by atoms with van der Waals surface area (Å²) in [6, 6.07) is 5.49. The highest BCUT2D eigenvalue weighted by molar-refractivity contribution is 6.35. The van der Waals surface area contributed by atoms with Gasteiger partial charge in [0.1, 0.15) is 12.1 Å². The van der Waals surface area contributed by atoms with Crippen LogP contribution in [0.3, 0.4) is 0 Å². The maximum Gasteiger partial charge on any atom is 0.163 e. The van der Waals surface area contributed by atoms with E-state index in [1.165, 1.54) is 12.8 Å². The lowest BCUT2D eigenvalue weighted by Gasteiger charge is -2.16. The number of rotatable bonds is 3. The van der Waals surface area contributed by atoms with E-state index in [1.54, 1.807) is 12.4 Å². The first-order valence-corrected chi connectivity index (χ1v) is 8.33. The Morgan fingerprint density at radius 2 is 1.91 bits per heavy atom. The topological polar surface area (TPSA) is 46.8 Å². The molecule has 1 aromatic carbocycles. The van der Waals surface area contributed by atoms with E-state index in [-0.39, 0.29) is 0 Å². The Balaban J connectivity index is 1.72. The quantitative estimate of drug-likeness (QED) is 0.723. The van der Waals surface area contributed by atoms with E-state index in [2.05, 4.69) is 20.0 Å². The zero-order chi connectivity index (χ0) is 15.8. The molecule has 2 aromatic heterocycles. The van der Waals surface area contributed by atoms with Gasteiger partial charge in [-0.1, -0.05) is 29.3 Å². The molecule has 1 fully saturated rings. The fraction of sp³-hybridized carbons (Fsp3) is 0.312. The van der Waals surface area contributed by atoms with Crippen molar-refractivity contribution in [1.29, 1.82) is 0 Å². The molecule has 1 aliphatic heterocycles. The van der Waals surface area contributed by atoms with Crippen molar-refractivity contribution in [2.45, 2.75) is 19.4 Å². The summed E-state index contributed by atoms with van der Waals surface area (Å²) in [6.07, 6.45) is 5.87. The van der Waals surface area contributed by atoms with E-state index in [9.17, 15) is 0 Å². The lowest BCUT2D eigenvalue weighted by molar-refractivity contribution is 0.703. The van der Waals surface area contributed by atoms with Crippen molar-refractivity contribution in [2.24, 2.45) is 0 Å². The first-order valence-electron chi connectivity index (χ1n) is 7.58. The van der Waals surface area contributed by atoms with Crippen LogP contribution in [0, 0.1) is 0 Å². The van der Waals surface area contributed by atoms with Crippen molar-refractivity contribution in [3.8, 4) is 0 Å². The summed E-state index contributed by atoms with van der Waals surface area (Å²) >= 11 is 12.2. The molecule has 0 spiro atoms. The van der Waals surface area contributed by atoms with Crippen LogP contribution in [0.2, 0.25) is 10.0 Å². The van der Waals surface area contributed by atoms with E-state index < -0.39 is 0 Å². The number of anilines is 1. The van der Waals surface area contributed by atoms with E-state index in [0.29, 0.717) is 16.6 Å². The zero-order valence-corrected chi connectivity index (χ0v) is 13.9. The summed E-state index contributed by atoms with van der Waals surface area (Å²) in [7, 11) is 0. The smallest absolute Gasteiger partial charge is 0.163 e. The summed E-state index contributed by atoms with van der Waals surface area (Å²) in [5.41, 5.74) is 1.79. The Morgan fingerprint density at radius 3 is 2.70 bits per heavy atom. The zero-order valence-electron chi connectivity index (χ0n) is 12.4. The first kappa shape index (κ1) is 14.7. The number of aromatic nitrogens is 4. The van der Waals surface area contributed by atoms with Gasteiger partial charge in [-0.3, -0.25) is 0 Å². The highest BCUT2D eigenvalue weighted by atomic mass is 35.5. The lowest BCUT2D eigenvalue weighted by atomic mass is 10.2. The third kappa shape index (κ3) is 2.75. The third-order valence-corrected chi connectivity index (χ3v) is 4.74. The van der Waals surface area contributed by atoms with Crippen LogP contribution < -0.4 is 4.90 Å². The molecule has 5 nitrogen and oxygen atoms in total. The fourth-order valence-corrected chi connectivity index (χ4v) is 3.46. The number of hydrogen-bond donors (Lipinski definition) is 0. The van der Waals surface area contributed by atoms with E-state index in [0.717, 1.165) is 35.5 Å². The van der Waals surface area contributed by atoms with Gasteiger partial charge in [0.05, 0.1) is 18.1 Å². The van der Waals surface area contributed by atoms with Gasteiger partial charge >= 0.3 is 0 Å². The molecule has 23 heavy (non-hydrogen) atoms. The number of halogens is 2. The van der Waals surface area contributed by atoms with Gasteiger partial charge < -0.3 is 4.90 Å². The minimum Gasteiger partial charge on any atom is -0.356 e. The summed E-state index contributed by atoms with van der Waals surface area (Å²) in [4.78, 5) is 11.2. The molecule has 7 heteroatoms. The molecule has 0 aliphatic carbocycles. The summed E-state index contributed by atoms with van der Waals surface area (Å²) < 4.78 is 1.85. The van der Waals surface area contributed by atoms with Gasteiger partial charge in [-0.05, 0) is 30.5 Å². The molecular weight excluding hydrogens is 333 g/mol. The molecule has 0 saturated carbocycles. The van der Waals surface area contributed by atoms with Crippen molar-refractivity contribution in [2.75, 3.05) is 18.0 Å². The molecular formula is C16H15Cl2N5.